The Labute approximate surface area is 459 Å². The number of halogens is 1. The summed E-state index contributed by atoms with van der Waals surface area (Å²) in [6.07, 6.45) is 3.69. The van der Waals surface area contributed by atoms with Crippen LogP contribution in [0.5, 0.6) is 0 Å². The molecule has 5 N–H and O–H groups in total. The quantitative estimate of drug-likeness (QED) is 0.0226. The van der Waals surface area contributed by atoms with Crippen LogP contribution in [0.2, 0.25) is 0 Å². The van der Waals surface area contributed by atoms with Crippen LogP contribution >= 0.6 is 15.9 Å². The van der Waals surface area contributed by atoms with Crippen LogP contribution in [0.3, 0.4) is 0 Å². The Hall–Kier alpha value is -7.00. The first kappa shape index (κ1) is 60.2. The van der Waals surface area contributed by atoms with Gasteiger partial charge in [-0.05, 0) is 97.6 Å². The average molecular weight is 1150 g/mol. The first-order valence-electron chi connectivity index (χ1n) is 25.4. The molecule has 6 rings (SSSR count). The van der Waals surface area contributed by atoms with Gasteiger partial charge in [-0.15, -0.1) is 0 Å². The molecule has 1 saturated carbocycles. The highest BCUT2D eigenvalue weighted by molar-refractivity contribution is 9.10. The fourth-order valence-corrected chi connectivity index (χ4v) is 8.82. The Morgan fingerprint density at radius 3 is 2.10 bits per heavy atom. The molecule has 26 heteroatoms. The van der Waals surface area contributed by atoms with Crippen molar-refractivity contribution in [3.63, 3.8) is 0 Å². The number of aromatic nitrogens is 5. The lowest BCUT2D eigenvalue weighted by molar-refractivity contribution is -0.143. The first-order valence-corrected chi connectivity index (χ1v) is 26.2. The van der Waals surface area contributed by atoms with Crippen molar-refractivity contribution >= 4 is 80.0 Å². The smallest absolute Gasteiger partial charge is 0.408 e. The second-order valence-corrected chi connectivity index (χ2v) is 20.7. The number of amides is 6. The first-order chi connectivity index (χ1) is 37.1. The van der Waals surface area contributed by atoms with Crippen molar-refractivity contribution in [3.05, 3.63) is 64.4 Å². The van der Waals surface area contributed by atoms with Crippen LogP contribution in [0.25, 0.3) is 22.0 Å². The fraction of sp³-hybridized carbons (Fsp3) is 0.538. The van der Waals surface area contributed by atoms with Gasteiger partial charge in [0.15, 0.2) is 5.78 Å². The van der Waals surface area contributed by atoms with Crippen molar-refractivity contribution in [2.75, 3.05) is 78.4 Å². The van der Waals surface area contributed by atoms with Crippen LogP contribution in [-0.2, 0) is 70.3 Å². The number of aryl methyl sites for hydroxylation is 1. The van der Waals surface area contributed by atoms with E-state index in [1.807, 2.05) is 19.1 Å². The normalized spacial score (nSPS) is 16.9. The average Bonchev–Trinajstić information content (AvgIpc) is 3.70. The molecule has 2 aliphatic rings. The SMILES string of the molecule is COC(=O)[C@H](CCC(=O)NCCOCCOCC(=O)NCCOCCOCC(=O)NCc1ncc(-c2ccc3c(c2)c(C(C)=O)nn3CC(=O)N2[C@H](C(=O)Nc3nc(Br)ccc3C)C[C@@]3(C)C[C@@H]23)cn1)NC(=O)OC(C)(C)C. The molecule has 422 valence electrons. The molecule has 0 unspecified atom stereocenters. The van der Waals surface area contributed by atoms with Gasteiger partial charge in [-0.25, -0.2) is 24.5 Å². The number of Topliss-reactive ketones (excluding diaryl/α,β-unsaturated/α-hetero) is 1. The number of nitrogens with one attached hydrogen (secondary N) is 5. The fourth-order valence-electron chi connectivity index (χ4n) is 8.52. The van der Waals surface area contributed by atoms with E-state index in [0.29, 0.717) is 44.7 Å². The van der Waals surface area contributed by atoms with Crippen LogP contribution < -0.4 is 26.6 Å². The van der Waals surface area contributed by atoms with E-state index in [1.54, 1.807) is 56.3 Å². The molecule has 25 nitrogen and oxygen atoms in total. The number of esters is 1. The monoisotopic (exact) mass is 1150 g/mol. The standard InChI is InChI=1S/C52H68BrN11O14/c1-31-8-12-40(53)60-47(31)61-48(70)38-23-52(6)24-39(52)64(38)45(69)28-63-37-11-9-33(22-35(37)46(62-63)32(2)65)34-25-56-41(57-26-34)27-58-44(68)30-77-21-19-75-17-15-55-43(67)29-76-20-18-74-16-14-54-42(66)13-10-36(49(71)73-7)59-50(72)78-51(3,4)5/h8-9,11-12,22,25-26,36,38-39H,10,13-21,23-24,27-30H2,1-7H3,(H,54,66)(H,55,67)(H,58,68)(H,59,72)(H,60,61,70)/t36-,38-,39+,52-/m0/s1. The number of carbonyl (C=O) groups is 8. The minimum Gasteiger partial charge on any atom is -0.467 e. The molecule has 1 saturated heterocycles. The Morgan fingerprint density at radius 1 is 0.821 bits per heavy atom. The topological polar surface area (TPSA) is 312 Å². The number of ketones is 1. The summed E-state index contributed by atoms with van der Waals surface area (Å²) in [5.41, 5.74) is 2.01. The van der Waals surface area contributed by atoms with Crippen LogP contribution in [-0.4, -0.2) is 174 Å². The van der Waals surface area contributed by atoms with E-state index in [4.69, 9.17) is 28.4 Å². The number of piperidine rings is 1. The molecule has 3 aromatic heterocycles. The summed E-state index contributed by atoms with van der Waals surface area (Å²) < 4.78 is 33.5. The van der Waals surface area contributed by atoms with E-state index in [9.17, 15) is 38.4 Å². The summed E-state index contributed by atoms with van der Waals surface area (Å²) in [5, 5.41) is 18.5. The molecule has 4 atom stereocenters. The molecular weight excluding hydrogens is 1080 g/mol. The second-order valence-electron chi connectivity index (χ2n) is 19.9. The van der Waals surface area contributed by atoms with Gasteiger partial charge in [0.2, 0.25) is 29.5 Å². The predicted octanol–water partition coefficient (Wildman–Crippen LogP) is 2.94. The number of ether oxygens (including phenoxy) is 6. The summed E-state index contributed by atoms with van der Waals surface area (Å²) >= 11 is 3.36. The van der Waals surface area contributed by atoms with Crippen molar-refractivity contribution in [1.82, 2.24) is 50.9 Å². The second kappa shape index (κ2) is 28.1. The largest absolute Gasteiger partial charge is 0.467 e. The summed E-state index contributed by atoms with van der Waals surface area (Å²) in [4.78, 5) is 116. The number of hydrogen-bond acceptors (Lipinski definition) is 18. The minimum absolute atomic E-state index is 0.00752. The van der Waals surface area contributed by atoms with Gasteiger partial charge >= 0.3 is 12.1 Å². The van der Waals surface area contributed by atoms with E-state index in [2.05, 4.69) is 69.5 Å². The number of hydrogen-bond donors (Lipinski definition) is 5. The Balaban J connectivity index is 0.813. The highest BCUT2D eigenvalue weighted by Crippen LogP contribution is 2.59. The van der Waals surface area contributed by atoms with Crippen molar-refractivity contribution in [3.8, 4) is 11.1 Å². The third-order valence-electron chi connectivity index (χ3n) is 12.6. The number of pyridine rings is 1. The molecule has 4 aromatic rings. The van der Waals surface area contributed by atoms with Crippen molar-refractivity contribution in [2.24, 2.45) is 5.41 Å². The number of likely N-dealkylation sites (tertiary alicyclic amines) is 1. The number of carbonyl (C=O) groups excluding carboxylic acids is 8. The lowest BCUT2D eigenvalue weighted by Crippen LogP contribution is -2.47. The molecule has 0 radical (unpaired) electrons. The van der Waals surface area contributed by atoms with Gasteiger partial charge in [0, 0.05) is 55.8 Å². The van der Waals surface area contributed by atoms with Crippen LogP contribution in [0.4, 0.5) is 10.6 Å². The van der Waals surface area contributed by atoms with Gasteiger partial charge in [0.05, 0.1) is 58.8 Å². The number of fused-ring (bicyclic) bond motifs is 2. The van der Waals surface area contributed by atoms with E-state index < -0.39 is 29.7 Å². The van der Waals surface area contributed by atoms with E-state index in [0.717, 1.165) is 12.0 Å². The van der Waals surface area contributed by atoms with E-state index in [1.165, 1.54) is 18.7 Å². The zero-order valence-electron chi connectivity index (χ0n) is 44.9. The zero-order chi connectivity index (χ0) is 56.6. The van der Waals surface area contributed by atoms with E-state index >= 15 is 0 Å². The lowest BCUT2D eigenvalue weighted by atomic mass is 10.0. The number of methoxy groups -OCH3 is 1. The number of nitrogens with zero attached hydrogens (tertiary/aromatic N) is 6. The van der Waals surface area contributed by atoms with Gasteiger partial charge < -0.3 is 59.9 Å². The van der Waals surface area contributed by atoms with Gasteiger partial charge in [0.1, 0.15) is 59.4 Å². The third kappa shape index (κ3) is 17.8. The van der Waals surface area contributed by atoms with Crippen molar-refractivity contribution in [2.45, 2.75) is 104 Å². The molecule has 1 aromatic carbocycles. The maximum atomic E-state index is 14.1. The number of rotatable bonds is 29. The molecule has 4 heterocycles. The Bertz CT molecular complexity index is 2810. The Morgan fingerprint density at radius 2 is 1.46 bits per heavy atom. The van der Waals surface area contributed by atoms with Gasteiger partial charge in [-0.1, -0.05) is 19.1 Å². The van der Waals surface area contributed by atoms with Crippen molar-refractivity contribution in [1.29, 1.82) is 0 Å². The molecule has 1 aliphatic heterocycles. The van der Waals surface area contributed by atoms with Gasteiger partial charge in [0.25, 0.3) is 0 Å². The zero-order valence-corrected chi connectivity index (χ0v) is 46.4. The molecule has 2 fully saturated rings. The van der Waals surface area contributed by atoms with Gasteiger partial charge in [-0.2, -0.15) is 5.10 Å². The van der Waals surface area contributed by atoms with Crippen LogP contribution in [0, 0.1) is 12.3 Å². The van der Waals surface area contributed by atoms with E-state index in [-0.39, 0.29) is 144 Å². The summed E-state index contributed by atoms with van der Waals surface area (Å²) in [6, 6.07) is 7.23. The number of benzene rings is 1. The molecule has 1 aliphatic carbocycles. The third-order valence-corrected chi connectivity index (χ3v) is 13.0. The van der Waals surface area contributed by atoms with Crippen molar-refractivity contribution < 1.29 is 66.8 Å². The van der Waals surface area contributed by atoms with Gasteiger partial charge in [-0.3, -0.25) is 33.4 Å². The summed E-state index contributed by atoms with van der Waals surface area (Å²) in [5.74, 6) is -1.86. The molecule has 0 spiro atoms. The molecular formula is C52H68BrN11O14. The maximum Gasteiger partial charge on any atom is 0.408 e. The summed E-state index contributed by atoms with van der Waals surface area (Å²) in [6.45, 7) is 11.3. The molecule has 6 amide bonds. The Kier molecular flexibility index (Phi) is 21.7. The number of alkyl carbamates (subject to hydrolysis) is 1. The number of anilines is 1. The minimum atomic E-state index is -1.05. The summed E-state index contributed by atoms with van der Waals surface area (Å²) in [7, 11) is 1.18. The van der Waals surface area contributed by atoms with Crippen LogP contribution in [0.15, 0.2) is 47.3 Å². The lowest BCUT2D eigenvalue weighted by Gasteiger charge is -2.27. The highest BCUT2D eigenvalue weighted by atomic mass is 79.9. The highest BCUT2D eigenvalue weighted by Gasteiger charge is 2.64. The molecule has 0 bridgehead atoms. The van der Waals surface area contributed by atoms with Crippen LogP contribution in [0.1, 0.15) is 82.2 Å². The molecule has 78 heavy (non-hydrogen) atoms. The predicted molar refractivity (Wildman–Crippen MR) is 283 cm³/mol. The maximum absolute atomic E-state index is 14.1.